The molecule has 6 aromatic carbocycles. The molecule has 1 aliphatic heterocycles. The van der Waals surface area contributed by atoms with Crippen LogP contribution in [0.15, 0.2) is 126 Å². The van der Waals surface area contributed by atoms with Crippen LogP contribution in [0.3, 0.4) is 0 Å². The largest absolute Gasteiger partial charge is 0.462 e. The number of anilines is 1. The van der Waals surface area contributed by atoms with Gasteiger partial charge in [0, 0.05) is 5.56 Å². The second-order valence-corrected chi connectivity index (χ2v) is 13.2. The van der Waals surface area contributed by atoms with Crippen LogP contribution in [-0.4, -0.2) is 21.0 Å². The van der Waals surface area contributed by atoms with E-state index in [1.807, 2.05) is 73.7 Å². The fourth-order valence-corrected chi connectivity index (χ4v) is 7.82. The maximum absolute atomic E-state index is 14.4. The summed E-state index contributed by atoms with van der Waals surface area (Å²) < 4.78 is 49.9. The molecule has 0 unspecified atom stereocenters. The zero-order valence-corrected chi connectivity index (χ0v) is 26.1. The third-order valence-electron chi connectivity index (χ3n) is 8.47. The maximum Gasteiger partial charge on any atom is 0.338 e. The molecule has 228 valence electrons. The summed E-state index contributed by atoms with van der Waals surface area (Å²) in [4.78, 5) is 13.2. The minimum atomic E-state index is -3.97. The van der Waals surface area contributed by atoms with E-state index in [2.05, 4.69) is 0 Å². The van der Waals surface area contributed by atoms with E-state index in [4.69, 9.17) is 4.74 Å². The van der Waals surface area contributed by atoms with Gasteiger partial charge in [-0.25, -0.2) is 17.6 Å². The first-order chi connectivity index (χ1) is 22.3. The molecule has 7 rings (SSSR count). The van der Waals surface area contributed by atoms with E-state index in [1.165, 1.54) is 16.4 Å². The van der Waals surface area contributed by atoms with Crippen LogP contribution in [0.4, 0.5) is 10.1 Å². The Bertz CT molecular complexity index is 2230. The molecule has 0 amide bonds. The monoisotopic (exact) mass is 627 g/mol. The van der Waals surface area contributed by atoms with Crippen molar-refractivity contribution in [1.29, 1.82) is 0 Å². The van der Waals surface area contributed by atoms with Crippen molar-refractivity contribution in [2.24, 2.45) is 0 Å². The lowest BCUT2D eigenvalue weighted by atomic mass is 9.79. The molecule has 7 heteroatoms. The lowest BCUT2D eigenvalue weighted by Gasteiger charge is -2.35. The zero-order chi connectivity index (χ0) is 32.0. The SMILES string of the molecule is CCOC(=O)c1ccc2c(-c3ccccc3)c3c(c(-c4ccc(F)cc4)c2c1)-c1ccccc1N(S(=O)(=O)c1ccc(C)cc1)C3. The van der Waals surface area contributed by atoms with E-state index >= 15 is 0 Å². The molecule has 0 bridgehead atoms. The van der Waals surface area contributed by atoms with Crippen LogP contribution >= 0.6 is 0 Å². The molecular formula is C39H30FNO4S. The first kappa shape index (κ1) is 29.4. The number of para-hydroxylation sites is 1. The Balaban J connectivity index is 1.62. The molecular weight excluding hydrogens is 597 g/mol. The van der Waals surface area contributed by atoms with Gasteiger partial charge in [-0.1, -0.05) is 84.4 Å². The van der Waals surface area contributed by atoms with E-state index in [9.17, 15) is 17.6 Å². The first-order valence-corrected chi connectivity index (χ1v) is 16.5. The highest BCUT2D eigenvalue weighted by atomic mass is 32.2. The number of ether oxygens (including phenoxy) is 1. The standard InChI is InChI=1S/C39H30FNO4S/c1-3-45-39(42)28-17-22-31-33(23-28)37(27-15-18-29(40)19-16-27)38-32-11-7-8-12-35(32)41(46(43,44)30-20-13-25(2)14-21-30)24-34(38)36(31)26-9-5-4-6-10-26/h4-23H,3,24H2,1-2H3. The number of sulfonamides is 1. The van der Waals surface area contributed by atoms with Gasteiger partial charge in [-0.05, 0) is 100 Å². The van der Waals surface area contributed by atoms with E-state index in [-0.39, 0.29) is 23.9 Å². The molecule has 5 nitrogen and oxygen atoms in total. The van der Waals surface area contributed by atoms with Gasteiger partial charge in [0.25, 0.3) is 10.0 Å². The predicted molar refractivity (Wildman–Crippen MR) is 181 cm³/mol. The molecule has 0 saturated carbocycles. The molecule has 6 aromatic rings. The molecule has 0 N–H and O–H groups in total. The van der Waals surface area contributed by atoms with Crippen LogP contribution in [0.5, 0.6) is 0 Å². The Labute approximate surface area is 267 Å². The topological polar surface area (TPSA) is 63.7 Å². The number of esters is 1. The second-order valence-electron chi connectivity index (χ2n) is 11.3. The van der Waals surface area contributed by atoms with Crippen LogP contribution in [0.1, 0.15) is 28.4 Å². The molecule has 1 heterocycles. The van der Waals surface area contributed by atoms with Crippen LogP contribution in [0.25, 0.3) is 44.2 Å². The predicted octanol–water partition coefficient (Wildman–Crippen LogP) is 9.17. The summed E-state index contributed by atoms with van der Waals surface area (Å²) in [5.74, 6) is -0.810. The maximum atomic E-state index is 14.4. The number of benzene rings is 6. The molecule has 0 aromatic heterocycles. The van der Waals surface area contributed by atoms with Gasteiger partial charge in [0.2, 0.25) is 0 Å². The number of fused-ring (bicyclic) bond motifs is 4. The molecule has 0 atom stereocenters. The van der Waals surface area contributed by atoms with Crippen molar-refractivity contribution in [3.8, 4) is 33.4 Å². The first-order valence-electron chi connectivity index (χ1n) is 15.1. The highest BCUT2D eigenvalue weighted by Gasteiger charge is 2.36. The summed E-state index contributed by atoms with van der Waals surface area (Å²) in [5.41, 5.74) is 7.58. The fourth-order valence-electron chi connectivity index (χ4n) is 6.37. The van der Waals surface area contributed by atoms with Gasteiger partial charge in [-0.2, -0.15) is 0 Å². The number of hydrogen-bond donors (Lipinski definition) is 0. The van der Waals surface area contributed by atoms with E-state index in [0.717, 1.165) is 55.3 Å². The number of nitrogens with zero attached hydrogens (tertiary/aromatic N) is 1. The Morgan fingerprint density at radius 1 is 0.761 bits per heavy atom. The van der Waals surface area contributed by atoms with Crippen molar-refractivity contribution in [2.45, 2.75) is 25.3 Å². The minimum absolute atomic E-state index is 0.0660. The molecule has 0 saturated heterocycles. The average Bonchev–Trinajstić information content (AvgIpc) is 3.07. The van der Waals surface area contributed by atoms with Crippen LogP contribution in [0, 0.1) is 12.7 Å². The third kappa shape index (κ3) is 4.93. The summed E-state index contributed by atoms with van der Waals surface area (Å²) in [6.07, 6.45) is 0. The summed E-state index contributed by atoms with van der Waals surface area (Å²) in [7, 11) is -3.97. The van der Waals surface area contributed by atoms with Crippen molar-refractivity contribution in [2.75, 3.05) is 10.9 Å². The fraction of sp³-hybridized carbons (Fsp3) is 0.103. The number of halogens is 1. The molecule has 0 aliphatic carbocycles. The zero-order valence-electron chi connectivity index (χ0n) is 25.3. The van der Waals surface area contributed by atoms with Gasteiger partial charge in [-0.3, -0.25) is 4.31 Å². The lowest BCUT2D eigenvalue weighted by Crippen LogP contribution is -2.33. The Morgan fingerprint density at radius 2 is 1.43 bits per heavy atom. The van der Waals surface area contributed by atoms with Crippen molar-refractivity contribution >= 4 is 32.5 Å². The quantitative estimate of drug-likeness (QED) is 0.173. The molecule has 0 radical (unpaired) electrons. The number of carbonyl (C=O) groups excluding carboxylic acids is 1. The number of aryl methyl sites for hydroxylation is 1. The van der Waals surface area contributed by atoms with Gasteiger partial charge >= 0.3 is 5.97 Å². The van der Waals surface area contributed by atoms with Gasteiger partial charge in [-0.15, -0.1) is 0 Å². The van der Waals surface area contributed by atoms with Crippen LogP contribution in [0.2, 0.25) is 0 Å². The van der Waals surface area contributed by atoms with E-state index in [1.54, 1.807) is 49.4 Å². The van der Waals surface area contributed by atoms with Gasteiger partial charge in [0.1, 0.15) is 5.82 Å². The number of carbonyl (C=O) groups is 1. The molecule has 46 heavy (non-hydrogen) atoms. The van der Waals surface area contributed by atoms with Crippen LogP contribution < -0.4 is 4.31 Å². The molecule has 1 aliphatic rings. The van der Waals surface area contributed by atoms with Gasteiger partial charge < -0.3 is 4.74 Å². The van der Waals surface area contributed by atoms with Crippen molar-refractivity contribution in [3.05, 3.63) is 144 Å². The van der Waals surface area contributed by atoms with Gasteiger partial charge in [0.05, 0.1) is 29.3 Å². The summed E-state index contributed by atoms with van der Waals surface area (Å²) in [5, 5.41) is 1.61. The van der Waals surface area contributed by atoms with E-state index < -0.39 is 16.0 Å². The highest BCUT2D eigenvalue weighted by molar-refractivity contribution is 7.92. The molecule has 0 fully saturated rings. The number of hydrogen-bond acceptors (Lipinski definition) is 4. The number of rotatable bonds is 6. The lowest BCUT2D eigenvalue weighted by molar-refractivity contribution is 0.0526. The Morgan fingerprint density at radius 3 is 2.15 bits per heavy atom. The minimum Gasteiger partial charge on any atom is -0.462 e. The highest BCUT2D eigenvalue weighted by Crippen LogP contribution is 2.52. The van der Waals surface area contributed by atoms with Crippen LogP contribution in [-0.2, 0) is 21.3 Å². The van der Waals surface area contributed by atoms with E-state index in [0.29, 0.717) is 11.3 Å². The second kappa shape index (κ2) is 11.6. The Kier molecular flexibility index (Phi) is 7.41. The summed E-state index contributed by atoms with van der Waals surface area (Å²) in [6, 6.07) is 35.9. The molecule has 0 spiro atoms. The van der Waals surface area contributed by atoms with Crippen molar-refractivity contribution in [1.82, 2.24) is 0 Å². The third-order valence-corrected chi connectivity index (χ3v) is 10.2. The van der Waals surface area contributed by atoms with Gasteiger partial charge in [0.15, 0.2) is 0 Å². The average molecular weight is 628 g/mol. The smallest absolute Gasteiger partial charge is 0.338 e. The normalized spacial score (nSPS) is 12.5. The van der Waals surface area contributed by atoms with Crippen molar-refractivity contribution < 1.29 is 22.3 Å². The van der Waals surface area contributed by atoms with Crippen molar-refractivity contribution in [3.63, 3.8) is 0 Å². The summed E-state index contributed by atoms with van der Waals surface area (Å²) >= 11 is 0. The Hall–Kier alpha value is -5.27. The summed E-state index contributed by atoms with van der Waals surface area (Å²) in [6.45, 7) is 3.99.